The second-order valence-electron chi connectivity index (χ2n) is 6.69. The summed E-state index contributed by atoms with van der Waals surface area (Å²) < 4.78 is 26.6. The highest BCUT2D eigenvalue weighted by Crippen LogP contribution is 2.36. The fraction of sp³-hybridized carbons (Fsp3) is 0.647. The monoisotopic (exact) mass is 325 g/mol. The Kier molecular flexibility index (Phi) is 5.30. The smallest absolute Gasteiger partial charge is 0.221 e. The second-order valence-corrected chi connectivity index (χ2v) is 9.01. The number of aliphatic hydroxyl groups excluding tert-OH is 1. The van der Waals surface area contributed by atoms with Gasteiger partial charge in [0.1, 0.15) is 4.75 Å². The van der Waals surface area contributed by atoms with Crippen molar-refractivity contribution >= 4 is 10.0 Å². The molecule has 5 heteroatoms. The van der Waals surface area contributed by atoms with Gasteiger partial charge in [-0.25, -0.2) is 13.1 Å². The molecule has 0 heterocycles. The molecule has 1 aliphatic carbocycles. The van der Waals surface area contributed by atoms with Gasteiger partial charge in [-0.3, -0.25) is 0 Å². The average molecular weight is 325 g/mol. The normalized spacial score (nSPS) is 22.9. The first-order valence-electron chi connectivity index (χ1n) is 8.05. The molecule has 2 rings (SSSR count). The van der Waals surface area contributed by atoms with E-state index in [0.717, 1.165) is 31.2 Å². The molecule has 1 fully saturated rings. The molecule has 1 aromatic rings. The first-order valence-corrected chi connectivity index (χ1v) is 9.54. The molecule has 22 heavy (non-hydrogen) atoms. The van der Waals surface area contributed by atoms with E-state index in [2.05, 4.69) is 4.72 Å². The number of rotatable bonds is 6. The summed E-state index contributed by atoms with van der Waals surface area (Å²) in [6.07, 6.45) is 3.24. The standard InChI is InChI=1S/C17H27NO3S/c1-4-11-18-22(20,21)17(2,3)15-8-5-13(6-9-15)14-7-10-16(19)12-14/h5-6,8-9,14,16,18-19H,4,7,10-12H2,1-3H3. The summed E-state index contributed by atoms with van der Waals surface area (Å²) in [5, 5.41) is 9.65. The van der Waals surface area contributed by atoms with Crippen molar-refractivity contribution in [3.05, 3.63) is 35.4 Å². The van der Waals surface area contributed by atoms with Crippen LogP contribution in [0.4, 0.5) is 0 Å². The number of hydrogen-bond acceptors (Lipinski definition) is 3. The Labute approximate surface area is 134 Å². The summed E-state index contributed by atoms with van der Waals surface area (Å²) in [7, 11) is -3.41. The summed E-state index contributed by atoms with van der Waals surface area (Å²) in [6, 6.07) is 7.83. The van der Waals surface area contributed by atoms with Crippen molar-refractivity contribution in [3.63, 3.8) is 0 Å². The van der Waals surface area contributed by atoms with E-state index in [1.807, 2.05) is 31.2 Å². The van der Waals surface area contributed by atoms with Crippen molar-refractivity contribution in [3.8, 4) is 0 Å². The molecule has 124 valence electrons. The molecule has 0 amide bonds. The molecule has 0 spiro atoms. The van der Waals surface area contributed by atoms with E-state index in [1.165, 1.54) is 5.56 Å². The van der Waals surface area contributed by atoms with Crippen LogP contribution in [0.5, 0.6) is 0 Å². The predicted molar refractivity (Wildman–Crippen MR) is 89.3 cm³/mol. The maximum Gasteiger partial charge on any atom is 0.221 e. The van der Waals surface area contributed by atoms with Gasteiger partial charge in [0.05, 0.1) is 6.10 Å². The maximum atomic E-state index is 12.5. The lowest BCUT2D eigenvalue weighted by Crippen LogP contribution is -2.40. The Balaban J connectivity index is 2.18. The fourth-order valence-corrected chi connectivity index (χ4v) is 4.27. The molecular formula is C17H27NO3S. The summed E-state index contributed by atoms with van der Waals surface area (Å²) >= 11 is 0. The van der Waals surface area contributed by atoms with Gasteiger partial charge in [-0.1, -0.05) is 31.2 Å². The zero-order valence-corrected chi connectivity index (χ0v) is 14.5. The average Bonchev–Trinajstić information content (AvgIpc) is 2.91. The zero-order valence-electron chi connectivity index (χ0n) is 13.7. The van der Waals surface area contributed by atoms with Gasteiger partial charge in [-0.05, 0) is 56.6 Å². The minimum absolute atomic E-state index is 0.195. The van der Waals surface area contributed by atoms with E-state index in [-0.39, 0.29) is 6.10 Å². The molecule has 1 aliphatic rings. The third kappa shape index (κ3) is 3.53. The third-order valence-electron chi connectivity index (χ3n) is 4.70. The molecule has 2 unspecified atom stereocenters. The van der Waals surface area contributed by atoms with Crippen LogP contribution in [0.25, 0.3) is 0 Å². The number of hydrogen-bond donors (Lipinski definition) is 2. The fourth-order valence-electron chi connectivity index (χ4n) is 2.99. The summed E-state index contributed by atoms with van der Waals surface area (Å²) in [4.78, 5) is 0. The summed E-state index contributed by atoms with van der Waals surface area (Å²) in [6.45, 7) is 5.88. The highest BCUT2D eigenvalue weighted by Gasteiger charge is 2.35. The van der Waals surface area contributed by atoms with E-state index in [0.29, 0.717) is 12.5 Å². The highest BCUT2D eigenvalue weighted by atomic mass is 32.2. The Bertz CT molecular complexity index is 593. The lowest BCUT2D eigenvalue weighted by atomic mass is 9.94. The van der Waals surface area contributed by atoms with Crippen LogP contribution >= 0.6 is 0 Å². The largest absolute Gasteiger partial charge is 0.393 e. The molecule has 0 saturated heterocycles. The molecule has 1 aromatic carbocycles. The van der Waals surface area contributed by atoms with Crippen LogP contribution in [0, 0.1) is 0 Å². The van der Waals surface area contributed by atoms with Crippen LogP contribution in [0.2, 0.25) is 0 Å². The Morgan fingerprint density at radius 3 is 2.36 bits per heavy atom. The first-order chi connectivity index (χ1) is 10.3. The van der Waals surface area contributed by atoms with Gasteiger partial charge in [-0.15, -0.1) is 0 Å². The van der Waals surface area contributed by atoms with E-state index >= 15 is 0 Å². The summed E-state index contributed by atoms with van der Waals surface area (Å²) in [5.74, 6) is 0.391. The molecule has 0 aromatic heterocycles. The van der Waals surface area contributed by atoms with E-state index in [1.54, 1.807) is 13.8 Å². The molecule has 2 atom stereocenters. The maximum absolute atomic E-state index is 12.5. The van der Waals surface area contributed by atoms with Gasteiger partial charge >= 0.3 is 0 Å². The Morgan fingerprint density at radius 1 is 1.23 bits per heavy atom. The summed E-state index contributed by atoms with van der Waals surface area (Å²) in [5.41, 5.74) is 1.98. The van der Waals surface area contributed by atoms with Crippen LogP contribution in [-0.4, -0.2) is 26.2 Å². The molecule has 1 saturated carbocycles. The van der Waals surface area contributed by atoms with Crippen molar-refractivity contribution in [1.29, 1.82) is 0 Å². The Morgan fingerprint density at radius 2 is 1.86 bits per heavy atom. The molecule has 2 N–H and O–H groups in total. The predicted octanol–water partition coefficient (Wildman–Crippen LogP) is 2.88. The van der Waals surface area contributed by atoms with Crippen LogP contribution in [0.1, 0.15) is 63.5 Å². The van der Waals surface area contributed by atoms with Crippen molar-refractivity contribution < 1.29 is 13.5 Å². The number of nitrogens with one attached hydrogen (secondary N) is 1. The van der Waals surface area contributed by atoms with Crippen LogP contribution < -0.4 is 4.72 Å². The minimum Gasteiger partial charge on any atom is -0.393 e. The first kappa shape index (κ1) is 17.4. The zero-order chi connectivity index (χ0) is 16.4. The van der Waals surface area contributed by atoms with Gasteiger partial charge in [0.25, 0.3) is 0 Å². The molecular weight excluding hydrogens is 298 g/mol. The molecule has 0 radical (unpaired) electrons. The highest BCUT2D eigenvalue weighted by molar-refractivity contribution is 7.90. The molecule has 0 bridgehead atoms. The van der Waals surface area contributed by atoms with Crippen molar-refractivity contribution in [2.24, 2.45) is 0 Å². The van der Waals surface area contributed by atoms with E-state index < -0.39 is 14.8 Å². The quantitative estimate of drug-likeness (QED) is 0.845. The number of benzene rings is 1. The Hall–Kier alpha value is -0.910. The van der Waals surface area contributed by atoms with Gasteiger partial charge in [0, 0.05) is 6.54 Å². The van der Waals surface area contributed by atoms with Gasteiger partial charge in [-0.2, -0.15) is 0 Å². The lowest BCUT2D eigenvalue weighted by molar-refractivity contribution is 0.181. The number of aliphatic hydroxyl groups is 1. The number of sulfonamides is 1. The van der Waals surface area contributed by atoms with Crippen LogP contribution in [0.15, 0.2) is 24.3 Å². The molecule has 0 aliphatic heterocycles. The topological polar surface area (TPSA) is 66.4 Å². The van der Waals surface area contributed by atoms with Gasteiger partial charge < -0.3 is 5.11 Å². The minimum atomic E-state index is -3.41. The van der Waals surface area contributed by atoms with E-state index in [9.17, 15) is 13.5 Å². The second kappa shape index (κ2) is 6.69. The van der Waals surface area contributed by atoms with Crippen molar-refractivity contribution in [2.45, 2.75) is 63.2 Å². The van der Waals surface area contributed by atoms with Crippen LogP contribution in [0.3, 0.4) is 0 Å². The third-order valence-corrected chi connectivity index (χ3v) is 6.86. The van der Waals surface area contributed by atoms with E-state index in [4.69, 9.17) is 0 Å². The van der Waals surface area contributed by atoms with Crippen molar-refractivity contribution in [1.82, 2.24) is 4.72 Å². The van der Waals surface area contributed by atoms with Crippen LogP contribution in [-0.2, 0) is 14.8 Å². The van der Waals surface area contributed by atoms with Gasteiger partial charge in [0.2, 0.25) is 10.0 Å². The lowest BCUT2D eigenvalue weighted by Gasteiger charge is -2.26. The van der Waals surface area contributed by atoms with Gasteiger partial charge in [0.15, 0.2) is 0 Å². The SMILES string of the molecule is CCCNS(=O)(=O)C(C)(C)c1ccc(C2CCC(O)C2)cc1. The van der Waals surface area contributed by atoms with Crippen molar-refractivity contribution in [2.75, 3.05) is 6.54 Å². The molecule has 4 nitrogen and oxygen atoms in total.